The van der Waals surface area contributed by atoms with Crippen LogP contribution < -0.4 is 10.1 Å². The van der Waals surface area contributed by atoms with Gasteiger partial charge in [-0.25, -0.2) is 4.39 Å². The number of amides is 1. The first-order valence-corrected chi connectivity index (χ1v) is 8.79. The van der Waals surface area contributed by atoms with Gasteiger partial charge in [-0.3, -0.25) is 14.9 Å². The van der Waals surface area contributed by atoms with Gasteiger partial charge in [0.05, 0.1) is 23.9 Å². The number of nitro groups is 1. The van der Waals surface area contributed by atoms with E-state index in [1.807, 2.05) is 0 Å². The highest BCUT2D eigenvalue weighted by Crippen LogP contribution is 2.29. The van der Waals surface area contributed by atoms with Crippen LogP contribution in [0.25, 0.3) is 11.5 Å². The van der Waals surface area contributed by atoms with E-state index >= 15 is 0 Å². The van der Waals surface area contributed by atoms with Gasteiger partial charge in [-0.05, 0) is 30.3 Å². The molecule has 3 aromatic rings. The van der Waals surface area contributed by atoms with Crippen molar-refractivity contribution in [2.45, 2.75) is 5.22 Å². The maximum atomic E-state index is 13.3. The Kier molecular flexibility index (Phi) is 5.84. The van der Waals surface area contributed by atoms with Gasteiger partial charge in [0.2, 0.25) is 11.8 Å². The van der Waals surface area contributed by atoms with Crippen molar-refractivity contribution in [2.75, 3.05) is 18.2 Å². The number of hydrogen-bond acceptors (Lipinski definition) is 8. The van der Waals surface area contributed by atoms with Crippen LogP contribution in [0.1, 0.15) is 0 Å². The van der Waals surface area contributed by atoms with Crippen LogP contribution in [-0.4, -0.2) is 33.9 Å². The zero-order valence-electron chi connectivity index (χ0n) is 14.4. The fourth-order valence-electron chi connectivity index (χ4n) is 2.22. The van der Waals surface area contributed by atoms with Gasteiger partial charge in [-0.2, -0.15) is 0 Å². The van der Waals surface area contributed by atoms with Crippen molar-refractivity contribution in [2.24, 2.45) is 0 Å². The monoisotopic (exact) mass is 404 g/mol. The first-order valence-electron chi connectivity index (χ1n) is 7.81. The molecular weight excluding hydrogens is 391 g/mol. The molecular formula is C17H13FN4O5S. The number of rotatable bonds is 7. The standard InChI is InChI=1S/C17H13FN4O5S/c1-26-12-5-6-13(14(8-12)22(24)25)19-15(23)9-28-17-21-20-16(27-17)10-3-2-4-11(18)7-10/h2-8H,9H2,1H3,(H,19,23). The van der Waals surface area contributed by atoms with E-state index in [-0.39, 0.29) is 28.2 Å². The van der Waals surface area contributed by atoms with Crippen LogP contribution in [0.3, 0.4) is 0 Å². The summed E-state index contributed by atoms with van der Waals surface area (Å²) in [5.74, 6) is -0.634. The molecule has 0 bridgehead atoms. The summed E-state index contributed by atoms with van der Waals surface area (Å²) in [4.78, 5) is 22.6. The number of ether oxygens (including phenoxy) is 1. The van der Waals surface area contributed by atoms with Crippen LogP contribution in [-0.2, 0) is 4.79 Å². The quantitative estimate of drug-likeness (QED) is 0.361. The first-order chi connectivity index (χ1) is 13.5. The van der Waals surface area contributed by atoms with Crippen molar-refractivity contribution in [3.63, 3.8) is 0 Å². The summed E-state index contributed by atoms with van der Waals surface area (Å²) >= 11 is 0.949. The van der Waals surface area contributed by atoms with E-state index < -0.39 is 16.6 Å². The van der Waals surface area contributed by atoms with Crippen LogP contribution in [0.2, 0.25) is 0 Å². The Balaban J connectivity index is 1.63. The number of thioether (sulfide) groups is 1. The maximum absolute atomic E-state index is 13.3. The number of hydrogen-bond donors (Lipinski definition) is 1. The van der Waals surface area contributed by atoms with E-state index in [0.29, 0.717) is 11.3 Å². The summed E-state index contributed by atoms with van der Waals surface area (Å²) in [6, 6.07) is 9.76. The van der Waals surface area contributed by atoms with Crippen molar-refractivity contribution in [3.8, 4) is 17.2 Å². The molecule has 0 radical (unpaired) electrons. The number of nitrogens with zero attached hydrogens (tertiary/aromatic N) is 3. The highest BCUT2D eigenvalue weighted by molar-refractivity contribution is 7.99. The first kappa shape index (κ1) is 19.3. The fraction of sp³-hybridized carbons (Fsp3) is 0.118. The number of carbonyl (C=O) groups excluding carboxylic acids is 1. The largest absolute Gasteiger partial charge is 0.496 e. The van der Waals surface area contributed by atoms with E-state index in [0.717, 1.165) is 11.8 Å². The molecule has 1 heterocycles. The molecule has 144 valence electrons. The third-order valence-electron chi connectivity index (χ3n) is 3.48. The molecule has 28 heavy (non-hydrogen) atoms. The molecule has 0 unspecified atom stereocenters. The molecule has 1 amide bonds. The van der Waals surface area contributed by atoms with Crippen molar-refractivity contribution < 1.29 is 23.3 Å². The van der Waals surface area contributed by atoms with Gasteiger partial charge in [-0.15, -0.1) is 10.2 Å². The van der Waals surface area contributed by atoms with Crippen LogP contribution in [0.15, 0.2) is 52.1 Å². The van der Waals surface area contributed by atoms with Gasteiger partial charge >= 0.3 is 0 Å². The molecule has 0 saturated heterocycles. The highest BCUT2D eigenvalue weighted by atomic mass is 32.2. The summed E-state index contributed by atoms with van der Waals surface area (Å²) < 4.78 is 23.6. The summed E-state index contributed by atoms with van der Waals surface area (Å²) in [5, 5.41) is 21.3. The number of nitrogens with one attached hydrogen (secondary N) is 1. The van der Waals surface area contributed by atoms with Crippen molar-refractivity contribution in [1.29, 1.82) is 0 Å². The van der Waals surface area contributed by atoms with Crippen LogP contribution in [0.5, 0.6) is 5.75 Å². The molecule has 9 nitrogen and oxygen atoms in total. The number of methoxy groups -OCH3 is 1. The minimum atomic E-state index is -0.617. The fourth-order valence-corrected chi connectivity index (χ4v) is 2.78. The molecule has 0 saturated carbocycles. The molecule has 0 aliphatic carbocycles. The van der Waals surface area contributed by atoms with Crippen molar-refractivity contribution >= 4 is 29.0 Å². The van der Waals surface area contributed by atoms with Crippen LogP contribution >= 0.6 is 11.8 Å². The Labute approximate surface area is 162 Å². The second kappa shape index (κ2) is 8.48. The minimum Gasteiger partial charge on any atom is -0.496 e. The molecule has 0 spiro atoms. The smallest absolute Gasteiger partial charge is 0.296 e. The zero-order valence-corrected chi connectivity index (χ0v) is 15.2. The van der Waals surface area contributed by atoms with Crippen molar-refractivity contribution in [3.05, 3.63) is 58.4 Å². The second-order valence-corrected chi connectivity index (χ2v) is 6.29. The molecule has 1 aromatic heterocycles. The number of nitro benzene ring substituents is 1. The molecule has 0 aliphatic rings. The summed E-state index contributed by atoms with van der Waals surface area (Å²) in [6.45, 7) is 0. The molecule has 3 rings (SSSR count). The molecule has 1 N–H and O–H groups in total. The summed E-state index contributed by atoms with van der Waals surface area (Å²) in [7, 11) is 1.39. The molecule has 0 aliphatic heterocycles. The Hall–Kier alpha value is -3.47. The number of anilines is 1. The van der Waals surface area contributed by atoms with Gasteiger partial charge in [0, 0.05) is 5.56 Å². The lowest BCUT2D eigenvalue weighted by molar-refractivity contribution is -0.384. The topological polar surface area (TPSA) is 120 Å². The lowest BCUT2D eigenvalue weighted by Crippen LogP contribution is -2.15. The number of aromatic nitrogens is 2. The lowest BCUT2D eigenvalue weighted by atomic mass is 10.2. The van der Waals surface area contributed by atoms with Gasteiger partial charge < -0.3 is 14.5 Å². The van der Waals surface area contributed by atoms with Gasteiger partial charge in [0.1, 0.15) is 17.3 Å². The summed E-state index contributed by atoms with van der Waals surface area (Å²) in [6.07, 6.45) is 0. The Morgan fingerprint density at radius 3 is 2.86 bits per heavy atom. The average molecular weight is 404 g/mol. The van der Waals surface area contributed by atoms with Crippen LogP contribution in [0, 0.1) is 15.9 Å². The Bertz CT molecular complexity index is 1030. The maximum Gasteiger partial charge on any atom is 0.296 e. The van der Waals surface area contributed by atoms with E-state index in [4.69, 9.17) is 9.15 Å². The van der Waals surface area contributed by atoms with E-state index in [2.05, 4.69) is 15.5 Å². The van der Waals surface area contributed by atoms with Crippen LogP contribution in [0.4, 0.5) is 15.8 Å². The van der Waals surface area contributed by atoms with Gasteiger partial charge in [0.25, 0.3) is 10.9 Å². The summed E-state index contributed by atoms with van der Waals surface area (Å²) in [5.41, 5.74) is 0.170. The molecule has 0 fully saturated rings. The third-order valence-corrected chi connectivity index (χ3v) is 4.30. The van der Waals surface area contributed by atoms with Gasteiger partial charge in [0.15, 0.2) is 0 Å². The number of benzene rings is 2. The van der Waals surface area contributed by atoms with E-state index in [1.165, 1.54) is 43.5 Å². The lowest BCUT2D eigenvalue weighted by Gasteiger charge is -2.06. The Morgan fingerprint density at radius 2 is 2.14 bits per heavy atom. The van der Waals surface area contributed by atoms with E-state index in [1.54, 1.807) is 6.07 Å². The van der Waals surface area contributed by atoms with Crippen molar-refractivity contribution in [1.82, 2.24) is 10.2 Å². The molecule has 11 heteroatoms. The number of halogens is 1. The SMILES string of the molecule is COc1ccc(NC(=O)CSc2nnc(-c3cccc(F)c3)o2)c([N+](=O)[O-])c1. The minimum absolute atomic E-state index is 0.0439. The molecule has 0 atom stereocenters. The second-order valence-electron chi connectivity index (χ2n) is 5.36. The number of carbonyl (C=O) groups is 1. The molecule has 2 aromatic carbocycles. The predicted octanol–water partition coefficient (Wildman–Crippen LogP) is 3.52. The third kappa shape index (κ3) is 4.62. The Morgan fingerprint density at radius 1 is 1.32 bits per heavy atom. The average Bonchev–Trinajstić information content (AvgIpc) is 3.15. The highest BCUT2D eigenvalue weighted by Gasteiger charge is 2.18. The predicted molar refractivity (Wildman–Crippen MR) is 98.7 cm³/mol. The van der Waals surface area contributed by atoms with Gasteiger partial charge in [-0.1, -0.05) is 17.8 Å². The zero-order chi connectivity index (χ0) is 20.1. The normalized spacial score (nSPS) is 10.5. The van der Waals surface area contributed by atoms with E-state index in [9.17, 15) is 19.3 Å².